The number of rotatable bonds is 10. The van der Waals surface area contributed by atoms with Crippen LogP contribution >= 0.6 is 0 Å². The topological polar surface area (TPSA) is 54.8 Å². The first-order valence-electron chi connectivity index (χ1n) is 13.3. The number of fused-ring (bicyclic) bond motifs is 3. The molecule has 4 aromatic rings. The molecular formula is C32H32FN3O3. The van der Waals surface area contributed by atoms with E-state index in [0.29, 0.717) is 13.2 Å². The molecule has 1 aromatic heterocycles. The van der Waals surface area contributed by atoms with E-state index in [1.54, 1.807) is 21.9 Å². The van der Waals surface area contributed by atoms with Crippen LogP contribution in [-0.4, -0.2) is 41.0 Å². The van der Waals surface area contributed by atoms with Gasteiger partial charge in [-0.15, -0.1) is 0 Å². The number of aromatic nitrogens is 1. The van der Waals surface area contributed by atoms with E-state index < -0.39 is 6.04 Å². The van der Waals surface area contributed by atoms with E-state index in [4.69, 9.17) is 4.74 Å². The molecule has 0 saturated carbocycles. The molecule has 0 fully saturated rings. The molecule has 7 heteroatoms. The Morgan fingerprint density at radius 1 is 0.897 bits per heavy atom. The highest BCUT2D eigenvalue weighted by Gasteiger charge is 2.36. The second kappa shape index (κ2) is 12.1. The van der Waals surface area contributed by atoms with Crippen LogP contribution < -0.4 is 4.90 Å². The van der Waals surface area contributed by atoms with E-state index in [1.165, 1.54) is 12.1 Å². The molecule has 39 heavy (non-hydrogen) atoms. The van der Waals surface area contributed by atoms with Crippen molar-refractivity contribution in [2.75, 3.05) is 24.6 Å². The van der Waals surface area contributed by atoms with E-state index in [-0.39, 0.29) is 30.8 Å². The fraction of sp³-hybridized carbons (Fsp3) is 0.250. The van der Waals surface area contributed by atoms with Crippen LogP contribution in [0.2, 0.25) is 0 Å². The van der Waals surface area contributed by atoms with Crippen molar-refractivity contribution >= 4 is 17.5 Å². The van der Waals surface area contributed by atoms with Gasteiger partial charge in [0.15, 0.2) is 0 Å². The maximum absolute atomic E-state index is 14.1. The lowest BCUT2D eigenvalue weighted by atomic mass is 9.97. The molecule has 6 nitrogen and oxygen atoms in total. The average molecular weight is 526 g/mol. The average Bonchev–Trinajstić information content (AvgIpc) is 3.45. The van der Waals surface area contributed by atoms with Crippen molar-refractivity contribution in [1.29, 1.82) is 0 Å². The number of hydrogen-bond acceptors (Lipinski definition) is 3. The summed E-state index contributed by atoms with van der Waals surface area (Å²) in [5, 5.41) is 0. The Labute approximate surface area is 228 Å². The molecule has 0 aliphatic carbocycles. The molecule has 2 amide bonds. The number of unbranched alkanes of at least 4 members (excludes halogenated alkanes) is 1. The Kier molecular flexibility index (Phi) is 8.18. The fourth-order valence-electron chi connectivity index (χ4n) is 5.02. The maximum atomic E-state index is 14.1. The monoisotopic (exact) mass is 525 g/mol. The summed E-state index contributed by atoms with van der Waals surface area (Å²) in [7, 11) is 0. The fourth-order valence-corrected chi connectivity index (χ4v) is 5.02. The predicted octanol–water partition coefficient (Wildman–Crippen LogP) is 5.90. The van der Waals surface area contributed by atoms with Gasteiger partial charge in [-0.25, -0.2) is 4.39 Å². The summed E-state index contributed by atoms with van der Waals surface area (Å²) in [5.41, 5.74) is 4.28. The van der Waals surface area contributed by atoms with Crippen LogP contribution in [0.5, 0.6) is 0 Å². The molecule has 1 unspecified atom stereocenters. The minimum absolute atomic E-state index is 0.0831. The van der Waals surface area contributed by atoms with Crippen molar-refractivity contribution in [3.63, 3.8) is 0 Å². The maximum Gasteiger partial charge on any atom is 0.249 e. The number of nitrogens with zero attached hydrogens (tertiary/aromatic N) is 3. The molecule has 0 radical (unpaired) electrons. The van der Waals surface area contributed by atoms with Gasteiger partial charge in [-0.3, -0.25) is 14.5 Å². The third-order valence-electron chi connectivity index (χ3n) is 6.97. The second-order valence-corrected chi connectivity index (χ2v) is 9.66. The summed E-state index contributed by atoms with van der Waals surface area (Å²) < 4.78 is 21.6. The third kappa shape index (κ3) is 5.78. The molecule has 2 heterocycles. The number of hydrogen-bond donors (Lipinski definition) is 0. The van der Waals surface area contributed by atoms with Crippen LogP contribution in [0.4, 0.5) is 10.1 Å². The minimum Gasteiger partial charge on any atom is -0.367 e. The van der Waals surface area contributed by atoms with Crippen LogP contribution in [0.25, 0.3) is 5.69 Å². The highest BCUT2D eigenvalue weighted by molar-refractivity contribution is 6.00. The largest absolute Gasteiger partial charge is 0.367 e. The van der Waals surface area contributed by atoms with Gasteiger partial charge in [-0.2, -0.15) is 0 Å². The summed E-state index contributed by atoms with van der Waals surface area (Å²) in [6.45, 7) is 2.65. The number of anilines is 1. The van der Waals surface area contributed by atoms with Crippen molar-refractivity contribution in [2.24, 2.45) is 0 Å². The lowest BCUT2D eigenvalue weighted by Gasteiger charge is -2.39. The summed E-state index contributed by atoms with van der Waals surface area (Å²) in [4.78, 5) is 30.7. The molecule has 0 N–H and O–H groups in total. The smallest absolute Gasteiger partial charge is 0.249 e. The van der Waals surface area contributed by atoms with Gasteiger partial charge < -0.3 is 14.2 Å². The van der Waals surface area contributed by atoms with E-state index >= 15 is 0 Å². The first kappa shape index (κ1) is 26.4. The standard InChI is InChI=1S/C32H32FN3O3/c1-2-3-19-34(31(38)23-39-22-24-10-5-4-6-11-24)21-30(37)36-28-13-8-7-12-27(28)35-20-9-14-29(35)32(36)25-15-17-26(33)18-16-25/h4-18,20,32H,2-3,19,21-23H2,1H3. The van der Waals surface area contributed by atoms with Crippen molar-refractivity contribution in [2.45, 2.75) is 32.4 Å². The molecule has 0 bridgehead atoms. The van der Waals surface area contributed by atoms with Crippen molar-refractivity contribution in [3.05, 3.63) is 120 Å². The van der Waals surface area contributed by atoms with Crippen LogP contribution in [-0.2, 0) is 20.9 Å². The Bertz CT molecular complexity index is 1420. The summed E-state index contributed by atoms with van der Waals surface area (Å²) >= 11 is 0. The molecular weight excluding hydrogens is 493 g/mol. The Morgan fingerprint density at radius 3 is 2.36 bits per heavy atom. The van der Waals surface area contributed by atoms with E-state index in [2.05, 4.69) is 11.5 Å². The Morgan fingerprint density at radius 2 is 1.62 bits per heavy atom. The van der Waals surface area contributed by atoms with Gasteiger partial charge in [0, 0.05) is 12.7 Å². The summed E-state index contributed by atoms with van der Waals surface area (Å²) in [5.74, 6) is -0.772. The number of benzene rings is 3. The van der Waals surface area contributed by atoms with Gasteiger partial charge in [0.1, 0.15) is 25.0 Å². The van der Waals surface area contributed by atoms with Gasteiger partial charge in [0.2, 0.25) is 11.8 Å². The van der Waals surface area contributed by atoms with E-state index in [1.807, 2.05) is 72.9 Å². The van der Waals surface area contributed by atoms with Crippen molar-refractivity contribution < 1.29 is 18.7 Å². The minimum atomic E-state index is -0.472. The molecule has 1 aliphatic heterocycles. The van der Waals surface area contributed by atoms with Gasteiger partial charge in [0.05, 0.1) is 23.7 Å². The molecule has 5 rings (SSSR count). The van der Waals surface area contributed by atoms with E-state index in [0.717, 1.165) is 41.0 Å². The SMILES string of the molecule is CCCCN(CC(=O)N1c2ccccc2-n2cccc2C1c1ccc(F)cc1)C(=O)COCc1ccccc1. The Balaban J connectivity index is 1.42. The number of amides is 2. The normalized spacial score (nSPS) is 14.0. The van der Waals surface area contributed by atoms with Gasteiger partial charge in [-0.1, -0.05) is 67.9 Å². The first-order chi connectivity index (χ1) is 19.1. The zero-order chi connectivity index (χ0) is 27.2. The zero-order valence-corrected chi connectivity index (χ0v) is 22.0. The van der Waals surface area contributed by atoms with Crippen LogP contribution in [0.1, 0.15) is 42.6 Å². The molecule has 3 aromatic carbocycles. The number of para-hydroxylation sites is 2. The van der Waals surface area contributed by atoms with E-state index in [9.17, 15) is 14.0 Å². The number of carbonyl (C=O) groups is 2. The predicted molar refractivity (Wildman–Crippen MR) is 149 cm³/mol. The molecule has 1 atom stereocenters. The number of ether oxygens (including phenoxy) is 1. The van der Waals surface area contributed by atoms with Crippen LogP contribution in [0, 0.1) is 5.82 Å². The highest BCUT2D eigenvalue weighted by Crippen LogP contribution is 2.42. The van der Waals surface area contributed by atoms with Gasteiger partial charge >= 0.3 is 0 Å². The third-order valence-corrected chi connectivity index (χ3v) is 6.97. The van der Waals surface area contributed by atoms with Crippen molar-refractivity contribution in [1.82, 2.24) is 9.47 Å². The van der Waals surface area contributed by atoms with Crippen LogP contribution in [0.3, 0.4) is 0 Å². The quantitative estimate of drug-likeness (QED) is 0.259. The van der Waals surface area contributed by atoms with Gasteiger partial charge in [-0.05, 0) is 53.9 Å². The summed E-state index contributed by atoms with van der Waals surface area (Å²) in [6.07, 6.45) is 3.63. The highest BCUT2D eigenvalue weighted by atomic mass is 19.1. The van der Waals surface area contributed by atoms with Crippen molar-refractivity contribution in [3.8, 4) is 5.69 Å². The molecule has 0 saturated heterocycles. The number of halogens is 1. The summed E-state index contributed by atoms with van der Waals surface area (Å²) in [6, 6.07) is 27.1. The first-order valence-corrected chi connectivity index (χ1v) is 13.3. The number of carbonyl (C=O) groups excluding carboxylic acids is 2. The second-order valence-electron chi connectivity index (χ2n) is 9.66. The lowest BCUT2D eigenvalue weighted by molar-refractivity contribution is -0.139. The van der Waals surface area contributed by atoms with Crippen LogP contribution in [0.15, 0.2) is 97.2 Å². The molecule has 200 valence electrons. The van der Waals surface area contributed by atoms with Gasteiger partial charge in [0.25, 0.3) is 0 Å². The molecule has 0 spiro atoms. The lowest BCUT2D eigenvalue weighted by Crippen LogP contribution is -2.47. The zero-order valence-electron chi connectivity index (χ0n) is 22.0. The Hall–Kier alpha value is -4.23. The molecule has 1 aliphatic rings.